The van der Waals surface area contributed by atoms with Crippen LogP contribution in [0, 0.1) is 13.8 Å². The van der Waals surface area contributed by atoms with Crippen LogP contribution < -0.4 is 15.1 Å². The molecule has 0 radical (unpaired) electrons. The van der Waals surface area contributed by atoms with Gasteiger partial charge in [0.05, 0.1) is 11.4 Å². The number of amides is 1. The van der Waals surface area contributed by atoms with E-state index in [1.807, 2.05) is 7.05 Å². The summed E-state index contributed by atoms with van der Waals surface area (Å²) >= 11 is 0. The van der Waals surface area contributed by atoms with E-state index in [9.17, 15) is 4.79 Å². The Morgan fingerprint density at radius 3 is 2.61 bits per heavy atom. The largest absolute Gasteiger partial charge is 0.355 e. The van der Waals surface area contributed by atoms with Gasteiger partial charge in [-0.05, 0) is 37.1 Å². The fourth-order valence-electron chi connectivity index (χ4n) is 2.84. The van der Waals surface area contributed by atoms with Gasteiger partial charge in [-0.25, -0.2) is 0 Å². The van der Waals surface area contributed by atoms with E-state index in [-0.39, 0.29) is 11.9 Å². The predicted molar refractivity (Wildman–Crippen MR) is 73.3 cm³/mol. The molecule has 0 aliphatic carbocycles. The number of hydrogen-bond acceptors (Lipinski definition) is 3. The lowest BCUT2D eigenvalue weighted by Gasteiger charge is -2.44. The highest BCUT2D eigenvalue weighted by Crippen LogP contribution is 2.37. The van der Waals surface area contributed by atoms with Gasteiger partial charge >= 0.3 is 0 Å². The third kappa shape index (κ3) is 1.52. The molecule has 1 atom stereocenters. The first-order valence-corrected chi connectivity index (χ1v) is 6.46. The van der Waals surface area contributed by atoms with E-state index in [0.29, 0.717) is 0 Å². The first kappa shape index (κ1) is 11.5. The van der Waals surface area contributed by atoms with Gasteiger partial charge in [0, 0.05) is 26.7 Å². The summed E-state index contributed by atoms with van der Waals surface area (Å²) < 4.78 is 0. The maximum absolute atomic E-state index is 12.4. The molecule has 0 aromatic heterocycles. The van der Waals surface area contributed by atoms with E-state index in [4.69, 9.17) is 0 Å². The zero-order valence-electron chi connectivity index (χ0n) is 11.2. The summed E-state index contributed by atoms with van der Waals surface area (Å²) in [6, 6.07) is 4.30. The lowest BCUT2D eigenvalue weighted by Crippen LogP contribution is -2.61. The molecule has 0 saturated carbocycles. The van der Waals surface area contributed by atoms with Gasteiger partial charge in [0.25, 0.3) is 5.91 Å². The molecule has 3 rings (SSSR count). The molecule has 1 amide bonds. The standard InChI is InChI=1S/C14H19N3O/c1-9-6-11-12(7-10(9)2)17-5-4-15-8-13(17)14(18)16(11)3/h6-7,13,15H,4-5,8H2,1-3H3. The van der Waals surface area contributed by atoms with Crippen LogP contribution >= 0.6 is 0 Å². The number of carbonyl (C=O) groups is 1. The Balaban J connectivity index is 2.15. The highest BCUT2D eigenvalue weighted by atomic mass is 16.2. The van der Waals surface area contributed by atoms with Crippen molar-refractivity contribution in [2.24, 2.45) is 0 Å². The van der Waals surface area contributed by atoms with Crippen LogP contribution in [0.4, 0.5) is 11.4 Å². The van der Waals surface area contributed by atoms with Crippen molar-refractivity contribution in [1.29, 1.82) is 0 Å². The molecule has 1 aromatic carbocycles. The lowest BCUT2D eigenvalue weighted by molar-refractivity contribution is -0.120. The van der Waals surface area contributed by atoms with Crippen molar-refractivity contribution in [2.75, 3.05) is 36.5 Å². The normalized spacial score (nSPS) is 22.8. The van der Waals surface area contributed by atoms with Gasteiger partial charge < -0.3 is 15.1 Å². The zero-order chi connectivity index (χ0) is 12.9. The van der Waals surface area contributed by atoms with E-state index >= 15 is 0 Å². The number of nitrogens with one attached hydrogen (secondary N) is 1. The number of hydrogen-bond donors (Lipinski definition) is 1. The Morgan fingerprint density at radius 1 is 1.22 bits per heavy atom. The molecule has 0 spiro atoms. The summed E-state index contributed by atoms with van der Waals surface area (Å²) in [5.41, 5.74) is 4.77. The number of likely N-dealkylation sites (N-methyl/N-ethyl adjacent to an activating group) is 1. The van der Waals surface area contributed by atoms with Gasteiger partial charge in [-0.15, -0.1) is 0 Å². The summed E-state index contributed by atoms with van der Waals surface area (Å²) in [6.45, 7) is 6.82. The van der Waals surface area contributed by atoms with Crippen LogP contribution in [0.25, 0.3) is 0 Å². The van der Waals surface area contributed by atoms with Gasteiger partial charge in [0.15, 0.2) is 0 Å². The number of carbonyl (C=O) groups excluding carboxylic acids is 1. The van der Waals surface area contributed by atoms with Crippen LogP contribution in [0.15, 0.2) is 12.1 Å². The van der Waals surface area contributed by atoms with Gasteiger partial charge in [-0.1, -0.05) is 0 Å². The van der Waals surface area contributed by atoms with E-state index in [0.717, 1.165) is 25.3 Å². The van der Waals surface area contributed by atoms with Crippen molar-refractivity contribution in [3.8, 4) is 0 Å². The number of anilines is 2. The highest BCUT2D eigenvalue weighted by Gasteiger charge is 2.37. The number of piperazine rings is 1. The molecule has 4 heteroatoms. The van der Waals surface area contributed by atoms with Crippen molar-refractivity contribution in [2.45, 2.75) is 19.9 Å². The van der Waals surface area contributed by atoms with Crippen LogP contribution in [0.3, 0.4) is 0 Å². The van der Waals surface area contributed by atoms with Crippen LogP contribution in [0.5, 0.6) is 0 Å². The summed E-state index contributed by atoms with van der Waals surface area (Å²) in [4.78, 5) is 16.4. The zero-order valence-corrected chi connectivity index (χ0v) is 11.2. The van der Waals surface area contributed by atoms with Gasteiger partial charge in [-0.3, -0.25) is 4.79 Å². The van der Waals surface area contributed by atoms with Crippen LogP contribution in [0.2, 0.25) is 0 Å². The smallest absolute Gasteiger partial charge is 0.250 e. The maximum Gasteiger partial charge on any atom is 0.250 e. The summed E-state index contributed by atoms with van der Waals surface area (Å²) in [5.74, 6) is 0.193. The molecule has 4 nitrogen and oxygen atoms in total. The fourth-order valence-corrected chi connectivity index (χ4v) is 2.84. The predicted octanol–water partition coefficient (Wildman–Crippen LogP) is 1.06. The van der Waals surface area contributed by atoms with Gasteiger partial charge in [-0.2, -0.15) is 0 Å². The molecule has 1 saturated heterocycles. The number of benzene rings is 1. The minimum atomic E-state index is -0.0432. The minimum absolute atomic E-state index is 0.0432. The Labute approximate surface area is 108 Å². The molecular formula is C14H19N3O. The third-order valence-electron chi connectivity index (χ3n) is 4.12. The fraction of sp³-hybridized carbons (Fsp3) is 0.500. The van der Waals surface area contributed by atoms with E-state index in [2.05, 4.69) is 36.2 Å². The summed E-state index contributed by atoms with van der Waals surface area (Å²) in [5, 5.41) is 3.30. The Morgan fingerprint density at radius 2 is 1.89 bits per heavy atom. The first-order valence-electron chi connectivity index (χ1n) is 6.46. The minimum Gasteiger partial charge on any atom is -0.355 e. The van der Waals surface area contributed by atoms with Crippen LogP contribution in [0.1, 0.15) is 11.1 Å². The number of aryl methyl sites for hydroxylation is 2. The molecular weight excluding hydrogens is 226 g/mol. The van der Waals surface area contributed by atoms with Crippen molar-refractivity contribution in [1.82, 2.24) is 5.32 Å². The Kier molecular flexibility index (Phi) is 2.55. The topological polar surface area (TPSA) is 35.6 Å². The average Bonchev–Trinajstić information content (AvgIpc) is 2.38. The Bertz CT molecular complexity index is 512. The molecule has 2 aliphatic heterocycles. The number of fused-ring (bicyclic) bond motifs is 3. The van der Waals surface area contributed by atoms with E-state index in [1.54, 1.807) is 4.90 Å². The molecule has 96 valence electrons. The van der Waals surface area contributed by atoms with Crippen LogP contribution in [-0.2, 0) is 4.79 Å². The number of rotatable bonds is 0. The molecule has 1 N–H and O–H groups in total. The van der Waals surface area contributed by atoms with Crippen LogP contribution in [-0.4, -0.2) is 38.6 Å². The molecule has 2 heterocycles. The summed E-state index contributed by atoms with van der Waals surface area (Å²) in [6.07, 6.45) is 0. The monoisotopic (exact) mass is 245 g/mol. The second-order valence-electron chi connectivity index (χ2n) is 5.24. The van der Waals surface area contributed by atoms with Crippen molar-refractivity contribution < 1.29 is 4.79 Å². The molecule has 18 heavy (non-hydrogen) atoms. The highest BCUT2D eigenvalue weighted by molar-refractivity contribution is 6.05. The second kappa shape index (κ2) is 3.99. The second-order valence-corrected chi connectivity index (χ2v) is 5.24. The third-order valence-corrected chi connectivity index (χ3v) is 4.12. The van der Waals surface area contributed by atoms with Gasteiger partial charge in [0.2, 0.25) is 0 Å². The number of nitrogens with zero attached hydrogens (tertiary/aromatic N) is 2. The summed E-state index contributed by atoms with van der Waals surface area (Å²) in [7, 11) is 1.88. The van der Waals surface area contributed by atoms with Crippen molar-refractivity contribution in [3.05, 3.63) is 23.3 Å². The molecule has 2 aliphatic rings. The first-order chi connectivity index (χ1) is 8.59. The molecule has 1 fully saturated rings. The lowest BCUT2D eigenvalue weighted by atomic mass is 10.00. The SMILES string of the molecule is Cc1cc2c(cc1C)N1CCNCC1C(=O)N2C. The molecule has 1 unspecified atom stereocenters. The molecule has 0 bridgehead atoms. The Hall–Kier alpha value is -1.55. The maximum atomic E-state index is 12.4. The van der Waals surface area contributed by atoms with E-state index in [1.165, 1.54) is 16.8 Å². The van der Waals surface area contributed by atoms with Crippen molar-refractivity contribution >= 4 is 17.3 Å². The molecule has 1 aromatic rings. The average molecular weight is 245 g/mol. The quantitative estimate of drug-likeness (QED) is 0.742. The van der Waals surface area contributed by atoms with E-state index < -0.39 is 0 Å². The van der Waals surface area contributed by atoms with Crippen molar-refractivity contribution in [3.63, 3.8) is 0 Å². The van der Waals surface area contributed by atoms with Gasteiger partial charge in [0.1, 0.15) is 6.04 Å².